The lowest BCUT2D eigenvalue weighted by Crippen LogP contribution is -2.63. The number of carbonyl (C=O) groups is 1. The molecule has 2 fully saturated rings. The Bertz CT molecular complexity index is 2290. The van der Waals surface area contributed by atoms with Crippen molar-refractivity contribution in [2.24, 2.45) is 0 Å². The van der Waals surface area contributed by atoms with Gasteiger partial charge < -0.3 is 47.4 Å². The van der Waals surface area contributed by atoms with Gasteiger partial charge in [-0.15, -0.1) is 0 Å². The first kappa shape index (κ1) is 46.9. The summed E-state index contributed by atoms with van der Waals surface area (Å²) in [6.45, 7) is 3.09. The molecule has 2 aliphatic rings. The molecule has 11 nitrogen and oxygen atoms in total. The van der Waals surface area contributed by atoms with Crippen LogP contribution in [0.3, 0.4) is 0 Å². The number of ether oxygens (including phenoxy) is 10. The molecule has 10 atom stereocenters. The van der Waals surface area contributed by atoms with Crippen LogP contribution >= 0.6 is 0 Å². The maximum absolute atomic E-state index is 13.7. The van der Waals surface area contributed by atoms with Gasteiger partial charge in [-0.1, -0.05) is 170 Å². The minimum atomic E-state index is -1.01. The van der Waals surface area contributed by atoms with E-state index in [2.05, 4.69) is 0 Å². The molecule has 0 amide bonds. The minimum absolute atomic E-state index is 0.0294. The number of hydrogen-bond donors (Lipinski definition) is 0. The summed E-state index contributed by atoms with van der Waals surface area (Å²) in [7, 11) is 1.59. The summed E-state index contributed by atoms with van der Waals surface area (Å²) in [5, 5.41) is 0. The number of esters is 1. The molecule has 8 rings (SSSR count). The molecule has 2 heterocycles. The zero-order valence-electron chi connectivity index (χ0n) is 37.3. The van der Waals surface area contributed by atoms with E-state index in [0.29, 0.717) is 12.2 Å². The van der Waals surface area contributed by atoms with Crippen molar-refractivity contribution < 1.29 is 52.2 Å². The van der Waals surface area contributed by atoms with Gasteiger partial charge in [0, 0.05) is 7.11 Å². The first-order chi connectivity index (χ1) is 32.5. The Morgan fingerprint density at radius 2 is 0.758 bits per heavy atom. The van der Waals surface area contributed by atoms with Crippen molar-refractivity contribution >= 4 is 5.97 Å². The Balaban J connectivity index is 1.10. The van der Waals surface area contributed by atoms with Crippen molar-refractivity contribution in [1.29, 1.82) is 0 Å². The molecule has 0 aromatic heterocycles. The molecular weight excluding hydrogens is 837 g/mol. The summed E-state index contributed by atoms with van der Waals surface area (Å²) in [4.78, 5) is 13.7. The van der Waals surface area contributed by atoms with E-state index in [0.717, 1.165) is 27.8 Å². The van der Waals surface area contributed by atoms with Crippen molar-refractivity contribution in [3.05, 3.63) is 215 Å². The van der Waals surface area contributed by atoms with Crippen LogP contribution in [0.15, 0.2) is 182 Å². The molecule has 0 spiro atoms. The van der Waals surface area contributed by atoms with E-state index in [-0.39, 0.29) is 33.0 Å². The molecule has 344 valence electrons. The van der Waals surface area contributed by atoms with E-state index in [1.807, 2.05) is 165 Å². The highest BCUT2D eigenvalue weighted by atomic mass is 16.7. The third-order valence-electron chi connectivity index (χ3n) is 11.7. The third-order valence-corrected chi connectivity index (χ3v) is 11.7. The van der Waals surface area contributed by atoms with Gasteiger partial charge in [-0.25, -0.2) is 4.79 Å². The first-order valence-corrected chi connectivity index (χ1v) is 22.5. The van der Waals surface area contributed by atoms with Gasteiger partial charge in [0.05, 0.1) is 51.3 Å². The molecule has 6 aromatic carbocycles. The van der Waals surface area contributed by atoms with Crippen LogP contribution in [0.25, 0.3) is 0 Å². The zero-order chi connectivity index (χ0) is 45.3. The van der Waals surface area contributed by atoms with Gasteiger partial charge in [-0.2, -0.15) is 0 Å². The maximum atomic E-state index is 13.7. The fourth-order valence-electron chi connectivity index (χ4n) is 8.19. The van der Waals surface area contributed by atoms with Gasteiger partial charge in [0.2, 0.25) is 0 Å². The molecule has 0 aliphatic carbocycles. The van der Waals surface area contributed by atoms with Gasteiger partial charge in [-0.3, -0.25) is 0 Å². The van der Waals surface area contributed by atoms with Gasteiger partial charge in [0.25, 0.3) is 0 Å². The first-order valence-electron chi connectivity index (χ1n) is 22.5. The normalized spacial score (nSPS) is 25.2. The molecule has 66 heavy (non-hydrogen) atoms. The van der Waals surface area contributed by atoms with Gasteiger partial charge >= 0.3 is 5.97 Å². The van der Waals surface area contributed by atoms with Crippen molar-refractivity contribution in [2.75, 3.05) is 13.7 Å². The van der Waals surface area contributed by atoms with Crippen molar-refractivity contribution in [2.45, 2.75) is 101 Å². The largest absolute Gasteiger partial charge is 0.453 e. The summed E-state index contributed by atoms with van der Waals surface area (Å²) in [5.41, 5.74) is 5.23. The van der Waals surface area contributed by atoms with Crippen LogP contribution in [0, 0.1) is 0 Å². The molecule has 0 bridgehead atoms. The lowest BCUT2D eigenvalue weighted by molar-refractivity contribution is -0.344. The summed E-state index contributed by atoms with van der Waals surface area (Å²) in [5.74, 6) is -0.504. The van der Waals surface area contributed by atoms with E-state index < -0.39 is 67.4 Å². The number of carbonyl (C=O) groups excluding carboxylic acids is 1. The van der Waals surface area contributed by atoms with E-state index in [1.54, 1.807) is 31.4 Å². The molecule has 2 aliphatic heterocycles. The monoisotopic (exact) mass is 894 g/mol. The van der Waals surface area contributed by atoms with Crippen LogP contribution < -0.4 is 0 Å². The van der Waals surface area contributed by atoms with Crippen LogP contribution in [0.4, 0.5) is 0 Å². The topological polar surface area (TPSA) is 109 Å². The van der Waals surface area contributed by atoms with Crippen LogP contribution in [0.1, 0.15) is 45.1 Å². The quantitative estimate of drug-likeness (QED) is 0.0646. The summed E-state index contributed by atoms with van der Waals surface area (Å²) >= 11 is 0. The van der Waals surface area contributed by atoms with E-state index in [1.165, 1.54) is 0 Å². The fraction of sp³-hybridized carbons (Fsp3) is 0.327. The van der Waals surface area contributed by atoms with Gasteiger partial charge in [0.15, 0.2) is 18.7 Å². The highest BCUT2D eigenvalue weighted by Gasteiger charge is 2.52. The van der Waals surface area contributed by atoms with E-state index in [9.17, 15) is 4.79 Å². The highest BCUT2D eigenvalue weighted by molar-refractivity contribution is 5.89. The maximum Gasteiger partial charge on any atom is 0.338 e. The predicted molar refractivity (Wildman–Crippen MR) is 247 cm³/mol. The molecule has 11 heteroatoms. The molecular formula is C55H58O11. The van der Waals surface area contributed by atoms with Crippen LogP contribution in [-0.4, -0.2) is 81.1 Å². The average Bonchev–Trinajstić information content (AvgIpc) is 3.37. The minimum Gasteiger partial charge on any atom is -0.453 e. The van der Waals surface area contributed by atoms with Gasteiger partial charge in [0.1, 0.15) is 36.6 Å². The lowest BCUT2D eigenvalue weighted by Gasteiger charge is -2.47. The molecule has 2 saturated heterocycles. The van der Waals surface area contributed by atoms with Crippen molar-refractivity contribution in [3.63, 3.8) is 0 Å². The summed E-state index contributed by atoms with van der Waals surface area (Å²) in [6.07, 6.45) is -7.95. The average molecular weight is 895 g/mol. The molecule has 0 unspecified atom stereocenters. The second-order valence-corrected chi connectivity index (χ2v) is 16.4. The second kappa shape index (κ2) is 24.3. The Morgan fingerprint density at radius 1 is 0.409 bits per heavy atom. The van der Waals surface area contributed by atoms with Crippen LogP contribution in [0.5, 0.6) is 0 Å². The molecule has 0 saturated carbocycles. The number of hydrogen-bond acceptors (Lipinski definition) is 11. The summed E-state index contributed by atoms with van der Waals surface area (Å²) < 4.78 is 66.5. The third kappa shape index (κ3) is 12.9. The van der Waals surface area contributed by atoms with Crippen molar-refractivity contribution in [1.82, 2.24) is 0 Å². The van der Waals surface area contributed by atoms with E-state index in [4.69, 9.17) is 47.4 Å². The fourth-order valence-corrected chi connectivity index (χ4v) is 8.19. The van der Waals surface area contributed by atoms with Crippen LogP contribution in [0.2, 0.25) is 0 Å². The standard InChI is InChI=1S/C55H58O11/c1-39-47(66-53(56)45-31-19-8-20-32-45)49(59-34-41-23-11-4-12-24-41)52(62-37-44-29-17-7-18-30-44)55(64-39)63-38-46-48(58-33-40-21-9-3-10-22-40)50(60-35-42-25-13-5-14-26-42)51(54(57-2)65-46)61-36-43-27-15-6-16-28-43/h3-32,39,46-52,54-55H,33-38H2,1-2H3/t39-,46-,47-,48-,49+,50+,51-,52+,54+,55-/m1/s1. The summed E-state index contributed by atoms with van der Waals surface area (Å²) in [6, 6.07) is 58.4. The Hall–Kier alpha value is -5.57. The Labute approximate surface area is 387 Å². The molecule has 6 aromatic rings. The van der Waals surface area contributed by atoms with Gasteiger partial charge in [-0.05, 0) is 46.9 Å². The van der Waals surface area contributed by atoms with Crippen molar-refractivity contribution in [3.8, 4) is 0 Å². The Morgan fingerprint density at radius 3 is 1.17 bits per heavy atom. The van der Waals surface area contributed by atoms with Crippen LogP contribution in [-0.2, 0) is 80.4 Å². The molecule has 0 radical (unpaired) electrons. The van der Waals surface area contributed by atoms with E-state index >= 15 is 0 Å². The predicted octanol–water partition coefficient (Wildman–Crippen LogP) is 9.27. The number of methoxy groups -OCH3 is 1. The SMILES string of the molecule is CO[C@H]1O[C@H](CO[C@@H]2O[C@H](C)[C@@H](OC(=O)c3ccccc3)[C@H](OCc3ccccc3)[C@@H]2OCc2ccccc2)[C@@H](OCc2ccccc2)[C@H](OCc2ccccc2)[C@H]1OCc1ccccc1. The lowest BCUT2D eigenvalue weighted by atomic mass is 9.97. The Kier molecular flexibility index (Phi) is 17.3. The smallest absolute Gasteiger partial charge is 0.338 e. The number of rotatable bonds is 21. The number of benzene rings is 6. The zero-order valence-corrected chi connectivity index (χ0v) is 37.3. The second-order valence-electron chi connectivity index (χ2n) is 16.4. The molecule has 0 N–H and O–H groups in total. The highest BCUT2D eigenvalue weighted by Crippen LogP contribution is 2.34.